The van der Waals surface area contributed by atoms with Crippen LogP contribution in [-0.4, -0.2) is 40.3 Å². The lowest BCUT2D eigenvalue weighted by atomic mass is 10.2. The number of amides is 1. The molecule has 1 fully saturated rings. The smallest absolute Gasteiger partial charge is 0.410 e. The van der Waals surface area contributed by atoms with Gasteiger partial charge in [-0.15, -0.1) is 0 Å². The van der Waals surface area contributed by atoms with Crippen molar-refractivity contribution in [3.63, 3.8) is 0 Å². The quantitative estimate of drug-likeness (QED) is 0.773. The number of likely N-dealkylation sites (tertiary alicyclic amines) is 1. The zero-order valence-corrected chi connectivity index (χ0v) is 10.8. The summed E-state index contributed by atoms with van der Waals surface area (Å²) in [7, 11) is 0. The number of carbonyl (C=O) groups excluding carboxylic acids is 1. The Morgan fingerprint density at radius 1 is 1.44 bits per heavy atom. The number of ether oxygens (including phenoxy) is 1. The van der Waals surface area contributed by atoms with E-state index in [1.165, 1.54) is 4.90 Å². The third-order valence-electron chi connectivity index (χ3n) is 2.47. The molecule has 0 aliphatic carbocycles. The first-order valence-corrected chi connectivity index (χ1v) is 5.81. The van der Waals surface area contributed by atoms with Crippen molar-refractivity contribution < 1.29 is 23.8 Å². The van der Waals surface area contributed by atoms with Gasteiger partial charge in [0.25, 0.3) is 0 Å². The predicted molar refractivity (Wildman–Crippen MR) is 62.8 cm³/mol. The summed E-state index contributed by atoms with van der Waals surface area (Å²) < 4.78 is 18.2. The molecule has 1 unspecified atom stereocenters. The molecule has 1 aliphatic rings. The Kier molecular flexibility index (Phi) is 4.32. The Balaban J connectivity index is 2.74. The normalized spacial score (nSPS) is 21.0. The van der Waals surface area contributed by atoms with Crippen LogP contribution in [0.2, 0.25) is 0 Å². The number of halogens is 1. The van der Waals surface area contributed by atoms with Gasteiger partial charge < -0.3 is 14.7 Å². The lowest BCUT2D eigenvalue weighted by Gasteiger charge is -2.27. The molecule has 0 aromatic heterocycles. The van der Waals surface area contributed by atoms with Gasteiger partial charge in [-0.05, 0) is 39.7 Å². The average Bonchev–Trinajstić information content (AvgIpc) is 2.62. The SMILES string of the molecule is CC(C)(C)OC(=O)N1CCCC1/C=C(\F)C(=O)O. The Bertz CT molecular complexity index is 373. The van der Waals surface area contributed by atoms with E-state index in [4.69, 9.17) is 9.84 Å². The molecule has 0 radical (unpaired) electrons. The second kappa shape index (κ2) is 5.37. The fourth-order valence-corrected chi connectivity index (χ4v) is 1.75. The minimum atomic E-state index is -1.62. The van der Waals surface area contributed by atoms with E-state index in [9.17, 15) is 14.0 Å². The maximum absolute atomic E-state index is 13.0. The van der Waals surface area contributed by atoms with Gasteiger partial charge in [0.15, 0.2) is 0 Å². The molecular formula is C12H18FNO4. The number of carboxylic acids is 1. The van der Waals surface area contributed by atoms with Crippen molar-refractivity contribution in [3.8, 4) is 0 Å². The highest BCUT2D eigenvalue weighted by atomic mass is 19.1. The summed E-state index contributed by atoms with van der Waals surface area (Å²) in [5.74, 6) is -2.86. The topological polar surface area (TPSA) is 66.8 Å². The number of nitrogens with zero attached hydrogens (tertiary/aromatic N) is 1. The fraction of sp³-hybridized carbons (Fsp3) is 0.667. The van der Waals surface area contributed by atoms with Crippen LogP contribution in [0, 0.1) is 0 Å². The third kappa shape index (κ3) is 4.01. The van der Waals surface area contributed by atoms with Gasteiger partial charge in [-0.1, -0.05) is 0 Å². The minimum absolute atomic E-state index is 0.447. The van der Waals surface area contributed by atoms with E-state index >= 15 is 0 Å². The van der Waals surface area contributed by atoms with Crippen LogP contribution in [0.25, 0.3) is 0 Å². The maximum atomic E-state index is 13.0. The molecule has 1 aliphatic heterocycles. The average molecular weight is 259 g/mol. The van der Waals surface area contributed by atoms with E-state index in [1.54, 1.807) is 20.8 Å². The van der Waals surface area contributed by atoms with Crippen molar-refractivity contribution >= 4 is 12.1 Å². The Morgan fingerprint density at radius 2 is 2.06 bits per heavy atom. The Labute approximate surface area is 105 Å². The van der Waals surface area contributed by atoms with Gasteiger partial charge in [0.1, 0.15) is 5.60 Å². The number of hydrogen-bond donors (Lipinski definition) is 1. The molecule has 0 spiro atoms. The standard InChI is InChI=1S/C12H18FNO4/c1-12(2,3)18-11(17)14-6-4-5-8(14)7-9(13)10(15)16/h7-8H,4-6H2,1-3H3,(H,15,16)/b9-7-. The zero-order chi connectivity index (χ0) is 13.9. The third-order valence-corrected chi connectivity index (χ3v) is 2.47. The van der Waals surface area contributed by atoms with Crippen molar-refractivity contribution in [2.45, 2.75) is 45.3 Å². The van der Waals surface area contributed by atoms with Crippen molar-refractivity contribution in [1.82, 2.24) is 4.90 Å². The molecule has 1 atom stereocenters. The fourth-order valence-electron chi connectivity index (χ4n) is 1.75. The molecule has 1 N–H and O–H groups in total. The molecule has 102 valence electrons. The zero-order valence-electron chi connectivity index (χ0n) is 10.8. The van der Waals surface area contributed by atoms with Crippen LogP contribution >= 0.6 is 0 Å². The van der Waals surface area contributed by atoms with Crippen molar-refractivity contribution in [2.75, 3.05) is 6.54 Å². The molecule has 18 heavy (non-hydrogen) atoms. The van der Waals surface area contributed by atoms with Gasteiger partial charge in [0.2, 0.25) is 5.83 Å². The van der Waals surface area contributed by atoms with Gasteiger partial charge in [0, 0.05) is 6.54 Å². The lowest BCUT2D eigenvalue weighted by molar-refractivity contribution is -0.134. The summed E-state index contributed by atoms with van der Waals surface area (Å²) in [6, 6.07) is -0.545. The molecule has 5 nitrogen and oxygen atoms in total. The second-order valence-corrected chi connectivity index (χ2v) is 5.20. The lowest BCUT2D eigenvalue weighted by Crippen LogP contribution is -2.39. The highest BCUT2D eigenvalue weighted by Crippen LogP contribution is 2.22. The molecule has 1 rings (SSSR count). The number of aliphatic carboxylic acids is 1. The van der Waals surface area contributed by atoms with Gasteiger partial charge in [-0.3, -0.25) is 0 Å². The van der Waals surface area contributed by atoms with Gasteiger partial charge in [-0.2, -0.15) is 4.39 Å². The number of hydrogen-bond acceptors (Lipinski definition) is 3. The molecule has 0 bridgehead atoms. The van der Waals surface area contributed by atoms with E-state index in [1.807, 2.05) is 0 Å². The molecule has 6 heteroatoms. The Hall–Kier alpha value is -1.59. The van der Waals surface area contributed by atoms with Crippen LogP contribution in [0.1, 0.15) is 33.6 Å². The summed E-state index contributed by atoms with van der Waals surface area (Å²) in [5, 5.41) is 8.48. The number of rotatable bonds is 2. The monoisotopic (exact) mass is 259 g/mol. The molecule has 0 saturated carbocycles. The first-order valence-electron chi connectivity index (χ1n) is 5.81. The molecule has 0 aromatic rings. The summed E-state index contributed by atoms with van der Waals surface area (Å²) in [6.45, 7) is 5.67. The van der Waals surface area contributed by atoms with Crippen LogP contribution in [0.5, 0.6) is 0 Å². The molecule has 1 saturated heterocycles. The maximum Gasteiger partial charge on any atom is 0.410 e. The van der Waals surface area contributed by atoms with E-state index < -0.39 is 29.5 Å². The van der Waals surface area contributed by atoms with Gasteiger partial charge >= 0.3 is 12.1 Å². The van der Waals surface area contributed by atoms with Gasteiger partial charge in [0.05, 0.1) is 6.04 Å². The number of carbonyl (C=O) groups is 2. The largest absolute Gasteiger partial charge is 0.476 e. The van der Waals surface area contributed by atoms with Crippen LogP contribution in [0.15, 0.2) is 11.9 Å². The molecule has 0 aromatic carbocycles. The van der Waals surface area contributed by atoms with Crippen LogP contribution in [-0.2, 0) is 9.53 Å². The Morgan fingerprint density at radius 3 is 2.56 bits per heavy atom. The summed E-state index contributed by atoms with van der Waals surface area (Å²) in [4.78, 5) is 23.6. The van der Waals surface area contributed by atoms with E-state index in [-0.39, 0.29) is 0 Å². The van der Waals surface area contributed by atoms with Crippen LogP contribution in [0.3, 0.4) is 0 Å². The van der Waals surface area contributed by atoms with Crippen LogP contribution < -0.4 is 0 Å². The minimum Gasteiger partial charge on any atom is -0.476 e. The summed E-state index contributed by atoms with van der Waals surface area (Å²) in [5.41, 5.74) is -0.626. The van der Waals surface area contributed by atoms with Crippen molar-refractivity contribution in [3.05, 3.63) is 11.9 Å². The van der Waals surface area contributed by atoms with Crippen LogP contribution in [0.4, 0.5) is 9.18 Å². The van der Waals surface area contributed by atoms with E-state index in [0.717, 1.165) is 6.08 Å². The summed E-state index contributed by atoms with van der Waals surface area (Å²) >= 11 is 0. The predicted octanol–water partition coefficient (Wildman–Crippen LogP) is 2.32. The van der Waals surface area contributed by atoms with Crippen molar-refractivity contribution in [2.24, 2.45) is 0 Å². The van der Waals surface area contributed by atoms with Gasteiger partial charge in [-0.25, -0.2) is 9.59 Å². The molecule has 1 amide bonds. The van der Waals surface area contributed by atoms with E-state index in [0.29, 0.717) is 19.4 Å². The summed E-state index contributed by atoms with van der Waals surface area (Å²) in [6.07, 6.45) is 1.66. The second-order valence-electron chi connectivity index (χ2n) is 5.20. The highest BCUT2D eigenvalue weighted by molar-refractivity contribution is 5.84. The van der Waals surface area contributed by atoms with E-state index in [2.05, 4.69) is 0 Å². The molecular weight excluding hydrogens is 241 g/mol. The first-order chi connectivity index (χ1) is 8.20. The van der Waals surface area contributed by atoms with Crippen molar-refractivity contribution in [1.29, 1.82) is 0 Å². The first kappa shape index (κ1) is 14.5. The number of carboxylic acid groups (broad SMARTS) is 1. The highest BCUT2D eigenvalue weighted by Gasteiger charge is 2.31. The molecule has 1 heterocycles.